The highest BCUT2D eigenvalue weighted by Crippen LogP contribution is 2.36. The number of hydrogen-bond donors (Lipinski definition) is 2. The summed E-state index contributed by atoms with van der Waals surface area (Å²) in [6.45, 7) is 7.46. The summed E-state index contributed by atoms with van der Waals surface area (Å²) in [4.78, 5) is 60.8. The van der Waals surface area contributed by atoms with E-state index in [-0.39, 0.29) is 35.1 Å². The van der Waals surface area contributed by atoms with Gasteiger partial charge < -0.3 is 20.1 Å². The minimum atomic E-state index is -0.835. The first-order valence-corrected chi connectivity index (χ1v) is 15.6. The van der Waals surface area contributed by atoms with Crippen LogP contribution in [0, 0.1) is 5.92 Å². The predicted molar refractivity (Wildman–Crippen MR) is 159 cm³/mol. The Bertz CT molecular complexity index is 1300. The first kappa shape index (κ1) is 31.5. The van der Waals surface area contributed by atoms with E-state index in [1.54, 1.807) is 50.1 Å². The molecule has 3 atom stereocenters. The van der Waals surface area contributed by atoms with E-state index in [2.05, 4.69) is 10.3 Å². The lowest BCUT2D eigenvalue weighted by Gasteiger charge is -2.36. The molecule has 4 rings (SSSR count). The Kier molecular flexibility index (Phi) is 9.91. The zero-order valence-electron chi connectivity index (χ0n) is 25.1. The van der Waals surface area contributed by atoms with Crippen molar-refractivity contribution in [2.24, 2.45) is 5.92 Å². The summed E-state index contributed by atoms with van der Waals surface area (Å²) in [7, 11) is 1.52. The van der Waals surface area contributed by atoms with Crippen LogP contribution >= 0.6 is 11.3 Å². The predicted octanol–water partition coefficient (Wildman–Crippen LogP) is 5.06. The van der Waals surface area contributed by atoms with Gasteiger partial charge >= 0.3 is 6.09 Å². The number of aromatic hydroxyl groups is 1. The van der Waals surface area contributed by atoms with Crippen LogP contribution in [0.2, 0.25) is 0 Å². The lowest BCUT2D eigenvalue weighted by atomic mass is 9.83. The number of phenols is 1. The standard InChI is InChI=1S/C31H42N4O6S/c1-19(34(5)30(40)41-31(2,3)4)27(38)33-25(20-11-7-6-8-12-20)29(39)35-16-10-15-24(35)28-32-23(18-42-28)26(37)21-13-9-14-22(36)17-21/h9,13-14,17-20,24-25,36H,6-8,10-12,15-16H2,1-5H3,(H,33,38). The Morgan fingerprint density at radius 3 is 2.50 bits per heavy atom. The van der Waals surface area contributed by atoms with Crippen LogP contribution < -0.4 is 5.32 Å². The molecule has 42 heavy (non-hydrogen) atoms. The van der Waals surface area contributed by atoms with Crippen LogP contribution in [0.4, 0.5) is 4.79 Å². The molecule has 2 aliphatic rings. The van der Waals surface area contributed by atoms with Crippen LogP contribution in [0.1, 0.15) is 99.7 Å². The number of phenolic OH excluding ortho intramolecular Hbond substituents is 1. The third-order valence-corrected chi connectivity index (χ3v) is 8.96. The maximum atomic E-state index is 14.2. The van der Waals surface area contributed by atoms with Gasteiger partial charge in [0.15, 0.2) is 0 Å². The van der Waals surface area contributed by atoms with E-state index in [1.165, 1.54) is 35.4 Å². The van der Waals surface area contributed by atoms with Gasteiger partial charge in [0.05, 0.1) is 6.04 Å². The third kappa shape index (κ3) is 7.48. The summed E-state index contributed by atoms with van der Waals surface area (Å²) < 4.78 is 5.43. The molecule has 0 spiro atoms. The Balaban J connectivity index is 1.51. The molecule has 2 fully saturated rings. The highest BCUT2D eigenvalue weighted by molar-refractivity contribution is 7.10. The van der Waals surface area contributed by atoms with Crippen LogP contribution in [0.15, 0.2) is 29.6 Å². The molecule has 1 aromatic heterocycles. The van der Waals surface area contributed by atoms with Gasteiger partial charge in [0.1, 0.15) is 34.1 Å². The van der Waals surface area contributed by atoms with Crippen molar-refractivity contribution in [3.8, 4) is 5.75 Å². The molecular formula is C31H42N4O6S. The molecule has 2 heterocycles. The zero-order valence-corrected chi connectivity index (χ0v) is 25.9. The molecule has 1 saturated carbocycles. The Morgan fingerprint density at radius 1 is 1.12 bits per heavy atom. The van der Waals surface area contributed by atoms with Crippen molar-refractivity contribution in [1.29, 1.82) is 0 Å². The Labute approximate surface area is 251 Å². The van der Waals surface area contributed by atoms with Crippen LogP contribution in [-0.2, 0) is 14.3 Å². The van der Waals surface area contributed by atoms with E-state index in [9.17, 15) is 24.3 Å². The second kappa shape index (κ2) is 13.2. The number of ketones is 1. The van der Waals surface area contributed by atoms with Gasteiger partial charge in [0.25, 0.3) is 0 Å². The highest BCUT2D eigenvalue weighted by Gasteiger charge is 2.41. The molecular weight excluding hydrogens is 556 g/mol. The van der Waals surface area contributed by atoms with Gasteiger partial charge in [0.2, 0.25) is 17.6 Å². The lowest BCUT2D eigenvalue weighted by Crippen LogP contribution is -2.56. The molecule has 11 heteroatoms. The van der Waals surface area contributed by atoms with Crippen molar-refractivity contribution in [1.82, 2.24) is 20.1 Å². The molecule has 3 amide bonds. The summed E-state index contributed by atoms with van der Waals surface area (Å²) in [5.74, 6) is -0.849. The van der Waals surface area contributed by atoms with Crippen LogP contribution in [0.25, 0.3) is 0 Å². The number of nitrogens with one attached hydrogen (secondary N) is 1. The molecule has 2 aromatic rings. The maximum Gasteiger partial charge on any atom is 0.410 e. The Morgan fingerprint density at radius 2 is 1.83 bits per heavy atom. The summed E-state index contributed by atoms with van der Waals surface area (Å²) in [5, 5.41) is 15.1. The monoisotopic (exact) mass is 598 g/mol. The van der Waals surface area contributed by atoms with E-state index in [0.717, 1.165) is 38.5 Å². The third-order valence-electron chi connectivity index (χ3n) is 8.01. The fourth-order valence-corrected chi connectivity index (χ4v) is 6.54. The van der Waals surface area contributed by atoms with Crippen molar-refractivity contribution >= 4 is 35.0 Å². The molecule has 1 saturated heterocycles. The summed E-state index contributed by atoms with van der Waals surface area (Å²) >= 11 is 1.34. The minimum Gasteiger partial charge on any atom is -0.508 e. The van der Waals surface area contributed by atoms with Gasteiger partial charge in [-0.3, -0.25) is 19.3 Å². The number of carbonyl (C=O) groups excluding carboxylic acids is 4. The van der Waals surface area contributed by atoms with Crippen molar-refractivity contribution in [2.45, 2.75) is 96.4 Å². The minimum absolute atomic E-state index is 0.00493. The second-order valence-electron chi connectivity index (χ2n) is 12.3. The van der Waals surface area contributed by atoms with Crippen LogP contribution in [0.3, 0.4) is 0 Å². The molecule has 10 nitrogen and oxygen atoms in total. The number of nitrogens with zero attached hydrogens (tertiary/aromatic N) is 3. The van der Waals surface area contributed by atoms with Gasteiger partial charge in [-0.25, -0.2) is 9.78 Å². The molecule has 3 unspecified atom stereocenters. The summed E-state index contributed by atoms with van der Waals surface area (Å²) in [5.41, 5.74) is -0.0800. The highest BCUT2D eigenvalue weighted by atomic mass is 32.1. The normalized spacial score (nSPS) is 19.2. The van der Waals surface area contributed by atoms with E-state index < -0.39 is 29.7 Å². The molecule has 2 N–H and O–H groups in total. The van der Waals surface area contributed by atoms with Gasteiger partial charge in [-0.2, -0.15) is 0 Å². The van der Waals surface area contributed by atoms with E-state index in [0.29, 0.717) is 23.5 Å². The van der Waals surface area contributed by atoms with Crippen molar-refractivity contribution in [3.05, 3.63) is 45.9 Å². The van der Waals surface area contributed by atoms with Gasteiger partial charge in [-0.15, -0.1) is 11.3 Å². The van der Waals surface area contributed by atoms with Gasteiger partial charge in [-0.05, 0) is 71.4 Å². The van der Waals surface area contributed by atoms with Crippen molar-refractivity contribution < 1.29 is 29.0 Å². The molecule has 1 aromatic carbocycles. The quantitative estimate of drug-likeness (QED) is 0.406. The lowest BCUT2D eigenvalue weighted by molar-refractivity contribution is -0.140. The van der Waals surface area contributed by atoms with Gasteiger partial charge in [0, 0.05) is 24.5 Å². The number of thiazole rings is 1. The summed E-state index contributed by atoms with van der Waals surface area (Å²) in [6.07, 6.45) is 5.66. The zero-order chi connectivity index (χ0) is 30.6. The SMILES string of the molecule is CC(C(=O)NC(C(=O)N1CCCC1c1nc(C(=O)c2cccc(O)c2)cs1)C1CCCCC1)N(C)C(=O)OC(C)(C)C. The second-order valence-corrected chi connectivity index (χ2v) is 13.2. The Hall–Kier alpha value is -3.47. The fourth-order valence-electron chi connectivity index (χ4n) is 5.60. The maximum absolute atomic E-state index is 14.2. The number of likely N-dealkylation sites (N-methyl/N-ethyl adjacent to an activating group) is 1. The number of aromatic nitrogens is 1. The number of carbonyl (C=O) groups is 4. The van der Waals surface area contributed by atoms with Crippen LogP contribution in [0.5, 0.6) is 5.75 Å². The molecule has 1 aliphatic heterocycles. The molecule has 0 radical (unpaired) electrons. The van der Waals surface area contributed by atoms with E-state index >= 15 is 0 Å². The van der Waals surface area contributed by atoms with E-state index in [1.807, 2.05) is 0 Å². The smallest absolute Gasteiger partial charge is 0.410 e. The topological polar surface area (TPSA) is 129 Å². The first-order chi connectivity index (χ1) is 19.9. The van der Waals surface area contributed by atoms with Gasteiger partial charge in [-0.1, -0.05) is 31.4 Å². The van der Waals surface area contributed by atoms with Crippen LogP contribution in [-0.4, -0.2) is 74.9 Å². The number of benzene rings is 1. The van der Waals surface area contributed by atoms with Crippen molar-refractivity contribution in [3.63, 3.8) is 0 Å². The molecule has 228 valence electrons. The number of likely N-dealkylation sites (tertiary alicyclic amines) is 1. The molecule has 0 bridgehead atoms. The average molecular weight is 599 g/mol. The number of amides is 3. The summed E-state index contributed by atoms with van der Waals surface area (Å²) in [6, 6.07) is 4.30. The average Bonchev–Trinajstić information content (AvgIpc) is 3.64. The number of hydrogen-bond acceptors (Lipinski definition) is 8. The van der Waals surface area contributed by atoms with E-state index in [4.69, 9.17) is 4.74 Å². The largest absolute Gasteiger partial charge is 0.508 e. The van der Waals surface area contributed by atoms with Crippen molar-refractivity contribution in [2.75, 3.05) is 13.6 Å². The fraction of sp³-hybridized carbons (Fsp3) is 0.581. The number of ether oxygens (including phenoxy) is 1. The molecule has 1 aliphatic carbocycles. The first-order valence-electron chi connectivity index (χ1n) is 14.7. The number of rotatable bonds is 8.